The number of carbonyl (C=O) groups excluding carboxylic acids is 1. The van der Waals surface area contributed by atoms with Gasteiger partial charge in [-0.15, -0.1) is 0 Å². The summed E-state index contributed by atoms with van der Waals surface area (Å²) < 4.78 is 8.10. The van der Waals surface area contributed by atoms with Crippen molar-refractivity contribution < 1.29 is 9.53 Å². The molecule has 1 unspecified atom stereocenters. The number of piperidine rings is 1. The number of nitrogen functional groups attached to an aromatic ring is 1. The molecule has 8 nitrogen and oxygen atoms in total. The van der Waals surface area contributed by atoms with E-state index >= 15 is 0 Å². The second-order valence-corrected chi connectivity index (χ2v) is 8.82. The minimum atomic E-state index is -0.315. The van der Waals surface area contributed by atoms with Gasteiger partial charge in [0.1, 0.15) is 17.9 Å². The van der Waals surface area contributed by atoms with Gasteiger partial charge in [-0.05, 0) is 43.4 Å². The van der Waals surface area contributed by atoms with Gasteiger partial charge in [-0.3, -0.25) is 4.79 Å². The predicted octanol–water partition coefficient (Wildman–Crippen LogP) is 1.99. The molecule has 5 rings (SSSR count). The van der Waals surface area contributed by atoms with E-state index in [1.807, 2.05) is 4.57 Å². The summed E-state index contributed by atoms with van der Waals surface area (Å²) in [6.07, 6.45) is 9.46. The molecule has 2 aliphatic heterocycles. The smallest absolute Gasteiger partial charge is 0.251 e. The molecule has 0 radical (unpaired) electrons. The second kappa shape index (κ2) is 6.69. The summed E-state index contributed by atoms with van der Waals surface area (Å²) in [7, 11) is 0. The number of aromatic nitrogens is 4. The van der Waals surface area contributed by atoms with E-state index in [0.29, 0.717) is 28.9 Å². The van der Waals surface area contributed by atoms with Crippen LogP contribution in [-0.4, -0.2) is 55.6 Å². The van der Waals surface area contributed by atoms with E-state index in [4.69, 9.17) is 10.5 Å². The quantitative estimate of drug-likeness (QED) is 0.869. The lowest BCUT2D eigenvalue weighted by Gasteiger charge is -2.53. The number of rotatable bonds is 3. The number of nitrogens with two attached hydrogens (primary N) is 1. The molecule has 1 spiro atoms. The molecule has 4 heterocycles. The molecule has 0 bridgehead atoms. The van der Waals surface area contributed by atoms with Crippen LogP contribution in [0.5, 0.6) is 0 Å². The largest absolute Gasteiger partial charge is 0.382 e. The first kappa shape index (κ1) is 17.8. The van der Waals surface area contributed by atoms with Gasteiger partial charge in [0, 0.05) is 13.1 Å². The Bertz CT molecular complexity index is 892. The Morgan fingerprint density at radius 1 is 1.29 bits per heavy atom. The maximum atomic E-state index is 13.1. The van der Waals surface area contributed by atoms with Crippen LogP contribution in [0, 0.1) is 11.3 Å². The first-order valence-corrected chi connectivity index (χ1v) is 10.4. The van der Waals surface area contributed by atoms with E-state index < -0.39 is 0 Å². The summed E-state index contributed by atoms with van der Waals surface area (Å²) in [5, 5.41) is 0. The van der Waals surface area contributed by atoms with Crippen LogP contribution in [-0.2, 0) is 16.1 Å². The van der Waals surface area contributed by atoms with Crippen LogP contribution >= 0.6 is 0 Å². The van der Waals surface area contributed by atoms with Crippen LogP contribution in [0.2, 0.25) is 0 Å². The lowest BCUT2D eigenvalue weighted by Crippen LogP contribution is -2.55. The van der Waals surface area contributed by atoms with Crippen molar-refractivity contribution in [3.05, 3.63) is 12.7 Å². The summed E-state index contributed by atoms with van der Waals surface area (Å²) in [5.41, 5.74) is 7.56. The van der Waals surface area contributed by atoms with Gasteiger partial charge in [0.2, 0.25) is 0 Å². The number of fused-ring (bicyclic) bond motifs is 1. The molecule has 1 aliphatic carbocycles. The Labute approximate surface area is 164 Å². The second-order valence-electron chi connectivity index (χ2n) is 8.82. The lowest BCUT2D eigenvalue weighted by atomic mass is 9.59. The van der Waals surface area contributed by atoms with Gasteiger partial charge in [-0.1, -0.05) is 13.3 Å². The molecule has 150 valence electrons. The molecule has 2 saturated heterocycles. The Kier molecular flexibility index (Phi) is 4.26. The van der Waals surface area contributed by atoms with Crippen LogP contribution in [0.3, 0.4) is 0 Å². The number of anilines is 1. The van der Waals surface area contributed by atoms with Crippen LogP contribution < -0.4 is 5.73 Å². The van der Waals surface area contributed by atoms with E-state index in [9.17, 15) is 4.79 Å². The number of imidazole rings is 1. The zero-order valence-corrected chi connectivity index (χ0v) is 16.4. The third kappa shape index (κ3) is 2.85. The summed E-state index contributed by atoms with van der Waals surface area (Å²) in [5.74, 6) is 1.29. The maximum absolute atomic E-state index is 13.1. The molecule has 2 aromatic heterocycles. The van der Waals surface area contributed by atoms with E-state index in [2.05, 4.69) is 26.8 Å². The number of nitrogens with zero attached hydrogens (tertiary/aromatic N) is 5. The molecule has 3 aliphatic rings. The zero-order valence-electron chi connectivity index (χ0n) is 16.4. The zero-order chi connectivity index (χ0) is 19.3. The summed E-state index contributed by atoms with van der Waals surface area (Å²) in [6, 6.07) is 0. The highest BCUT2D eigenvalue weighted by molar-refractivity contribution is 5.82. The number of carbonyl (C=O) groups is 1. The minimum absolute atomic E-state index is 0.0103. The third-order valence-electron chi connectivity index (χ3n) is 7.26. The van der Waals surface area contributed by atoms with Crippen molar-refractivity contribution in [1.29, 1.82) is 0 Å². The summed E-state index contributed by atoms with van der Waals surface area (Å²) in [4.78, 5) is 27.7. The van der Waals surface area contributed by atoms with E-state index in [-0.39, 0.29) is 18.1 Å². The molecule has 2 N–H and O–H groups in total. The highest BCUT2D eigenvalue weighted by Gasteiger charge is 2.47. The molecular formula is C20H28N6O2. The topological polar surface area (TPSA) is 99.2 Å². The van der Waals surface area contributed by atoms with Crippen molar-refractivity contribution in [3.8, 4) is 0 Å². The van der Waals surface area contributed by atoms with Gasteiger partial charge in [0.15, 0.2) is 11.5 Å². The van der Waals surface area contributed by atoms with Crippen molar-refractivity contribution in [3.63, 3.8) is 0 Å². The van der Waals surface area contributed by atoms with Gasteiger partial charge >= 0.3 is 0 Å². The van der Waals surface area contributed by atoms with Gasteiger partial charge in [0.25, 0.3) is 5.91 Å². The molecular weight excluding hydrogens is 356 g/mol. The van der Waals surface area contributed by atoms with Crippen molar-refractivity contribution in [1.82, 2.24) is 24.4 Å². The molecule has 2 aromatic rings. The van der Waals surface area contributed by atoms with E-state index in [1.54, 1.807) is 6.33 Å². The predicted molar refractivity (Wildman–Crippen MR) is 104 cm³/mol. The summed E-state index contributed by atoms with van der Waals surface area (Å²) in [6.45, 7) is 4.76. The highest BCUT2D eigenvalue weighted by Crippen LogP contribution is 2.51. The van der Waals surface area contributed by atoms with Crippen LogP contribution in [0.25, 0.3) is 11.2 Å². The van der Waals surface area contributed by atoms with Crippen LogP contribution in [0.1, 0.15) is 45.4 Å². The fraction of sp³-hybridized carbons (Fsp3) is 0.700. The molecule has 1 amide bonds. The number of hydrogen-bond acceptors (Lipinski definition) is 6. The van der Waals surface area contributed by atoms with Gasteiger partial charge < -0.3 is 19.9 Å². The monoisotopic (exact) mass is 384 g/mol. The van der Waals surface area contributed by atoms with Gasteiger partial charge in [0.05, 0.1) is 19.0 Å². The first-order valence-electron chi connectivity index (χ1n) is 10.4. The fourth-order valence-electron chi connectivity index (χ4n) is 5.22. The first-order chi connectivity index (χ1) is 13.6. The number of likely N-dealkylation sites (tertiary alicyclic amines) is 1. The molecule has 0 aromatic carbocycles. The van der Waals surface area contributed by atoms with Crippen molar-refractivity contribution in [2.24, 2.45) is 11.3 Å². The molecule has 3 fully saturated rings. The number of ether oxygens (including phenoxy) is 1. The van der Waals surface area contributed by atoms with Gasteiger partial charge in [-0.2, -0.15) is 0 Å². The third-order valence-corrected chi connectivity index (χ3v) is 7.26. The SMILES string of the molecule is CC1CCN(C(=O)[C@@H]2CC[C@H](Cn3cnc4c(N)ncnc43)O2)CC12CCC2. The normalized spacial score (nSPS) is 29.3. The van der Waals surface area contributed by atoms with Crippen molar-refractivity contribution >= 4 is 22.9 Å². The van der Waals surface area contributed by atoms with Crippen LogP contribution in [0.4, 0.5) is 5.82 Å². The minimum Gasteiger partial charge on any atom is -0.382 e. The number of hydrogen-bond donors (Lipinski definition) is 1. The molecule has 28 heavy (non-hydrogen) atoms. The van der Waals surface area contributed by atoms with Gasteiger partial charge in [-0.25, -0.2) is 15.0 Å². The van der Waals surface area contributed by atoms with E-state index in [0.717, 1.165) is 38.3 Å². The lowest BCUT2D eigenvalue weighted by molar-refractivity contribution is -0.151. The molecule has 1 saturated carbocycles. The standard InChI is InChI=1S/C20H28N6O2/c1-13-5-8-25(10-20(13)6-2-7-20)19(27)15-4-3-14(28-15)9-26-12-24-16-17(21)22-11-23-18(16)26/h11-15H,2-10H2,1H3,(H2,21,22,23)/t13?,14-,15+/m1/s1. The van der Waals surface area contributed by atoms with E-state index in [1.165, 1.54) is 25.6 Å². The average molecular weight is 384 g/mol. The maximum Gasteiger partial charge on any atom is 0.251 e. The Morgan fingerprint density at radius 2 is 2.14 bits per heavy atom. The fourth-order valence-corrected chi connectivity index (χ4v) is 5.22. The van der Waals surface area contributed by atoms with Crippen molar-refractivity contribution in [2.75, 3.05) is 18.8 Å². The molecule has 8 heteroatoms. The Morgan fingerprint density at radius 3 is 2.93 bits per heavy atom. The van der Waals surface area contributed by atoms with Crippen molar-refractivity contribution in [2.45, 2.75) is 64.2 Å². The Hall–Kier alpha value is -2.22. The highest BCUT2D eigenvalue weighted by atomic mass is 16.5. The average Bonchev–Trinajstić information content (AvgIpc) is 3.29. The molecule has 3 atom stereocenters. The summed E-state index contributed by atoms with van der Waals surface area (Å²) >= 11 is 0. The van der Waals surface area contributed by atoms with Crippen LogP contribution in [0.15, 0.2) is 12.7 Å². The number of amides is 1. The Balaban J connectivity index is 1.23.